The van der Waals surface area contributed by atoms with Crippen molar-refractivity contribution in [1.29, 1.82) is 0 Å². The third-order valence-corrected chi connectivity index (χ3v) is 6.37. The number of hydrogen-bond acceptors (Lipinski definition) is 4. The second kappa shape index (κ2) is 8.33. The second-order valence-electron chi connectivity index (χ2n) is 8.34. The highest BCUT2D eigenvalue weighted by atomic mass is 35.5. The Morgan fingerprint density at radius 1 is 0.839 bits per heavy atom. The van der Waals surface area contributed by atoms with Gasteiger partial charge in [-0.05, 0) is 50.2 Å². The molecule has 0 unspecified atom stereocenters. The molecule has 1 aliphatic rings. The average molecular weight is 432 g/mol. The maximum Gasteiger partial charge on any atom is 0.156 e. The molecule has 5 rings (SSSR count). The van der Waals surface area contributed by atoms with E-state index in [2.05, 4.69) is 64.2 Å². The molecule has 0 atom stereocenters. The molecule has 1 fully saturated rings. The summed E-state index contributed by atoms with van der Waals surface area (Å²) in [6.07, 6.45) is 0. The first-order valence-corrected chi connectivity index (χ1v) is 11.2. The van der Waals surface area contributed by atoms with Crippen LogP contribution in [0.15, 0.2) is 60.7 Å². The van der Waals surface area contributed by atoms with Gasteiger partial charge < -0.3 is 4.90 Å². The van der Waals surface area contributed by atoms with Gasteiger partial charge in [0.1, 0.15) is 5.69 Å². The zero-order valence-electron chi connectivity index (χ0n) is 17.8. The monoisotopic (exact) mass is 431 g/mol. The number of aromatic nitrogens is 3. The molecule has 31 heavy (non-hydrogen) atoms. The molecule has 1 aliphatic heterocycles. The number of piperazine rings is 1. The van der Waals surface area contributed by atoms with Crippen LogP contribution >= 0.6 is 11.6 Å². The van der Waals surface area contributed by atoms with Gasteiger partial charge in [-0.2, -0.15) is 5.10 Å². The van der Waals surface area contributed by atoms with Crippen LogP contribution in [0.25, 0.3) is 33.5 Å². The molecule has 1 saturated heterocycles. The van der Waals surface area contributed by atoms with Crippen molar-refractivity contribution in [1.82, 2.24) is 20.1 Å². The van der Waals surface area contributed by atoms with Gasteiger partial charge in [-0.25, -0.2) is 4.98 Å². The van der Waals surface area contributed by atoms with Crippen molar-refractivity contribution in [2.45, 2.75) is 19.9 Å². The molecule has 158 valence electrons. The fourth-order valence-corrected chi connectivity index (χ4v) is 4.36. The number of hydrogen-bond donors (Lipinski definition) is 1. The van der Waals surface area contributed by atoms with Crippen LogP contribution in [-0.2, 0) is 0 Å². The quantitative estimate of drug-likeness (QED) is 0.465. The standard InChI is InChI=1S/C25H26ClN5/c1-17(2)30-13-15-31(16-14-30)21-9-5-19(6-10-21)24-22-11-12-23(27-25(22)29-28-24)18-3-7-20(26)8-4-18/h3-12,17H,13-16H2,1-2H3,(H,27,28,29). The molecule has 0 saturated carbocycles. The van der Waals surface area contributed by atoms with Crippen molar-refractivity contribution in [3.8, 4) is 22.5 Å². The third kappa shape index (κ3) is 4.03. The van der Waals surface area contributed by atoms with Gasteiger partial charge in [-0.3, -0.25) is 10.00 Å². The highest BCUT2D eigenvalue weighted by Gasteiger charge is 2.19. The van der Waals surface area contributed by atoms with Crippen LogP contribution in [0.1, 0.15) is 13.8 Å². The van der Waals surface area contributed by atoms with E-state index < -0.39 is 0 Å². The van der Waals surface area contributed by atoms with Crippen molar-refractivity contribution < 1.29 is 0 Å². The topological polar surface area (TPSA) is 48.0 Å². The maximum atomic E-state index is 6.00. The molecule has 4 aromatic rings. The Hall–Kier alpha value is -2.89. The third-order valence-electron chi connectivity index (χ3n) is 6.11. The number of benzene rings is 2. The van der Waals surface area contributed by atoms with Gasteiger partial charge in [0, 0.05) is 59.4 Å². The van der Waals surface area contributed by atoms with Crippen LogP contribution in [0, 0.1) is 0 Å². The normalized spacial score (nSPS) is 15.2. The molecule has 0 amide bonds. The maximum absolute atomic E-state index is 6.00. The number of nitrogens with one attached hydrogen (secondary N) is 1. The van der Waals surface area contributed by atoms with Crippen molar-refractivity contribution in [3.05, 3.63) is 65.7 Å². The predicted molar refractivity (Wildman–Crippen MR) is 129 cm³/mol. The Bertz CT molecular complexity index is 1170. The van der Waals surface area contributed by atoms with E-state index in [1.165, 1.54) is 5.69 Å². The second-order valence-corrected chi connectivity index (χ2v) is 8.77. The number of pyridine rings is 1. The Kier molecular flexibility index (Phi) is 5.38. The molecule has 1 N–H and O–H groups in total. The van der Waals surface area contributed by atoms with E-state index in [0.717, 1.165) is 64.7 Å². The Morgan fingerprint density at radius 3 is 2.19 bits per heavy atom. The molecule has 6 heteroatoms. The molecule has 3 heterocycles. The zero-order valence-corrected chi connectivity index (χ0v) is 18.6. The van der Waals surface area contributed by atoms with Gasteiger partial charge in [0.15, 0.2) is 5.65 Å². The number of rotatable bonds is 4. The number of aromatic amines is 1. The molecular formula is C25H26ClN5. The van der Waals surface area contributed by atoms with E-state index in [4.69, 9.17) is 16.6 Å². The van der Waals surface area contributed by atoms with E-state index in [1.807, 2.05) is 30.3 Å². The number of fused-ring (bicyclic) bond motifs is 1. The fraction of sp³-hybridized carbons (Fsp3) is 0.280. The minimum Gasteiger partial charge on any atom is -0.369 e. The molecule has 0 bridgehead atoms. The highest BCUT2D eigenvalue weighted by Crippen LogP contribution is 2.30. The summed E-state index contributed by atoms with van der Waals surface area (Å²) in [4.78, 5) is 9.76. The predicted octanol–water partition coefficient (Wildman–Crippen LogP) is 5.48. The van der Waals surface area contributed by atoms with Crippen molar-refractivity contribution in [2.24, 2.45) is 0 Å². The minimum absolute atomic E-state index is 0.617. The summed E-state index contributed by atoms with van der Waals surface area (Å²) < 4.78 is 0. The van der Waals surface area contributed by atoms with Gasteiger partial charge in [-0.1, -0.05) is 35.9 Å². The number of halogens is 1. The highest BCUT2D eigenvalue weighted by molar-refractivity contribution is 6.30. The van der Waals surface area contributed by atoms with Crippen LogP contribution in [0.3, 0.4) is 0 Å². The van der Waals surface area contributed by atoms with E-state index in [-0.39, 0.29) is 0 Å². The van der Waals surface area contributed by atoms with Crippen molar-refractivity contribution >= 4 is 28.3 Å². The van der Waals surface area contributed by atoms with E-state index in [0.29, 0.717) is 6.04 Å². The first kappa shape index (κ1) is 20.0. The molecular weight excluding hydrogens is 406 g/mol. The van der Waals surface area contributed by atoms with E-state index in [9.17, 15) is 0 Å². The summed E-state index contributed by atoms with van der Waals surface area (Å²) in [5.41, 5.74) is 6.02. The smallest absolute Gasteiger partial charge is 0.156 e. The van der Waals surface area contributed by atoms with Crippen LogP contribution in [-0.4, -0.2) is 52.3 Å². The molecule has 2 aromatic carbocycles. The number of H-pyrrole nitrogens is 1. The van der Waals surface area contributed by atoms with Crippen LogP contribution in [0.4, 0.5) is 5.69 Å². The molecule has 5 nitrogen and oxygen atoms in total. The molecule has 0 radical (unpaired) electrons. The van der Waals surface area contributed by atoms with Crippen LogP contribution in [0.2, 0.25) is 5.02 Å². The first-order chi connectivity index (χ1) is 15.1. The van der Waals surface area contributed by atoms with Gasteiger partial charge in [-0.15, -0.1) is 0 Å². The van der Waals surface area contributed by atoms with Crippen LogP contribution in [0.5, 0.6) is 0 Å². The minimum atomic E-state index is 0.617. The van der Waals surface area contributed by atoms with Gasteiger partial charge in [0.2, 0.25) is 0 Å². The SMILES string of the molecule is CC(C)N1CCN(c2ccc(-c3n[nH]c4nc(-c5ccc(Cl)cc5)ccc34)cc2)CC1. The Balaban J connectivity index is 1.36. The van der Waals surface area contributed by atoms with Gasteiger partial charge >= 0.3 is 0 Å². The van der Waals surface area contributed by atoms with Gasteiger partial charge in [0.05, 0.1) is 5.69 Å². The van der Waals surface area contributed by atoms with Gasteiger partial charge in [0.25, 0.3) is 0 Å². The zero-order chi connectivity index (χ0) is 21.4. The summed E-state index contributed by atoms with van der Waals surface area (Å²) in [5, 5.41) is 9.40. The summed E-state index contributed by atoms with van der Waals surface area (Å²) in [6.45, 7) is 8.91. The number of nitrogens with zero attached hydrogens (tertiary/aromatic N) is 4. The van der Waals surface area contributed by atoms with E-state index in [1.54, 1.807) is 0 Å². The number of anilines is 1. The fourth-order valence-electron chi connectivity index (χ4n) is 4.23. The lowest BCUT2D eigenvalue weighted by atomic mass is 10.1. The molecule has 0 aliphatic carbocycles. The first-order valence-electron chi connectivity index (χ1n) is 10.8. The Morgan fingerprint density at radius 2 is 1.52 bits per heavy atom. The summed E-state index contributed by atoms with van der Waals surface area (Å²) in [7, 11) is 0. The lowest BCUT2D eigenvalue weighted by molar-refractivity contribution is 0.209. The van der Waals surface area contributed by atoms with E-state index >= 15 is 0 Å². The average Bonchev–Trinajstić information content (AvgIpc) is 3.23. The largest absolute Gasteiger partial charge is 0.369 e. The van der Waals surface area contributed by atoms with Crippen molar-refractivity contribution in [3.63, 3.8) is 0 Å². The summed E-state index contributed by atoms with van der Waals surface area (Å²) in [5.74, 6) is 0. The molecule has 2 aromatic heterocycles. The Labute approximate surface area is 187 Å². The summed E-state index contributed by atoms with van der Waals surface area (Å²) in [6, 6.07) is 21.2. The lowest BCUT2D eigenvalue weighted by Crippen LogP contribution is -2.48. The lowest BCUT2D eigenvalue weighted by Gasteiger charge is -2.38. The molecule has 0 spiro atoms. The van der Waals surface area contributed by atoms with Crippen LogP contribution < -0.4 is 4.90 Å². The summed E-state index contributed by atoms with van der Waals surface area (Å²) >= 11 is 6.00. The van der Waals surface area contributed by atoms with Crippen molar-refractivity contribution in [2.75, 3.05) is 31.1 Å².